The third-order valence-electron chi connectivity index (χ3n) is 1.61. The largest absolute Gasteiger partial charge is 0.468 e. The van der Waals surface area contributed by atoms with E-state index in [9.17, 15) is 18.0 Å². The molecule has 0 aliphatic carbocycles. The Morgan fingerprint density at radius 3 is 2.67 bits per heavy atom. The molecule has 5 nitrogen and oxygen atoms in total. The van der Waals surface area contributed by atoms with Gasteiger partial charge in [0.05, 0.1) is 7.11 Å². The fraction of sp³-hybridized carbons (Fsp3) is 0.429. The maximum Gasteiger partial charge on any atom is 0.435 e. The van der Waals surface area contributed by atoms with Crippen LogP contribution in [0.15, 0.2) is 6.07 Å². The van der Waals surface area contributed by atoms with Gasteiger partial charge in [-0.1, -0.05) is 0 Å². The van der Waals surface area contributed by atoms with E-state index in [1.807, 2.05) is 0 Å². The standard InChI is InChI=1S/C7H8F3N3O2/c1-15-6(14)3-13-5(11)2-4(12-13)7(8,9)10/h2H,3,11H2,1H3. The van der Waals surface area contributed by atoms with E-state index in [0.29, 0.717) is 6.07 Å². The van der Waals surface area contributed by atoms with Gasteiger partial charge in [0.15, 0.2) is 5.69 Å². The molecular weight excluding hydrogens is 215 g/mol. The predicted octanol–water partition coefficient (Wildman–Crippen LogP) is 0.657. The zero-order valence-corrected chi connectivity index (χ0v) is 7.71. The fourth-order valence-electron chi connectivity index (χ4n) is 0.883. The van der Waals surface area contributed by atoms with Gasteiger partial charge < -0.3 is 10.5 Å². The van der Waals surface area contributed by atoms with Crippen LogP contribution < -0.4 is 5.73 Å². The molecule has 0 saturated heterocycles. The summed E-state index contributed by atoms with van der Waals surface area (Å²) in [6, 6.07) is 0.656. The molecule has 1 rings (SSSR count). The van der Waals surface area contributed by atoms with Crippen LogP contribution in [0.2, 0.25) is 0 Å². The van der Waals surface area contributed by atoms with E-state index in [2.05, 4.69) is 9.84 Å². The van der Waals surface area contributed by atoms with Crippen molar-refractivity contribution in [1.82, 2.24) is 9.78 Å². The number of carbonyl (C=O) groups is 1. The highest BCUT2D eigenvalue weighted by molar-refractivity contribution is 5.69. The Morgan fingerprint density at radius 1 is 1.67 bits per heavy atom. The van der Waals surface area contributed by atoms with Gasteiger partial charge >= 0.3 is 12.1 Å². The van der Waals surface area contributed by atoms with E-state index in [1.165, 1.54) is 0 Å². The molecule has 0 bridgehead atoms. The van der Waals surface area contributed by atoms with E-state index >= 15 is 0 Å². The van der Waals surface area contributed by atoms with Crippen molar-refractivity contribution in [2.24, 2.45) is 0 Å². The minimum Gasteiger partial charge on any atom is -0.468 e. The zero-order valence-electron chi connectivity index (χ0n) is 7.71. The minimum absolute atomic E-state index is 0.243. The Morgan fingerprint density at radius 2 is 2.27 bits per heavy atom. The molecule has 0 amide bonds. The number of carbonyl (C=O) groups excluding carboxylic acids is 1. The van der Waals surface area contributed by atoms with E-state index in [0.717, 1.165) is 11.8 Å². The summed E-state index contributed by atoms with van der Waals surface area (Å²) in [5.41, 5.74) is 4.10. The molecule has 84 valence electrons. The lowest BCUT2D eigenvalue weighted by Crippen LogP contribution is -2.15. The lowest BCUT2D eigenvalue weighted by molar-refractivity contribution is -0.144. The van der Waals surface area contributed by atoms with Crippen LogP contribution in [0, 0.1) is 0 Å². The number of aromatic nitrogens is 2. The van der Waals surface area contributed by atoms with Gasteiger partial charge in [0.2, 0.25) is 0 Å². The van der Waals surface area contributed by atoms with Crippen LogP contribution in [0.1, 0.15) is 5.69 Å². The predicted molar refractivity (Wildman–Crippen MR) is 43.7 cm³/mol. The van der Waals surface area contributed by atoms with Crippen molar-refractivity contribution >= 4 is 11.8 Å². The van der Waals surface area contributed by atoms with Gasteiger partial charge in [-0.3, -0.25) is 4.79 Å². The number of halogens is 3. The van der Waals surface area contributed by atoms with Crippen LogP contribution in [0.3, 0.4) is 0 Å². The summed E-state index contributed by atoms with van der Waals surface area (Å²) < 4.78 is 41.5. The van der Waals surface area contributed by atoms with Gasteiger partial charge in [-0.15, -0.1) is 0 Å². The Bertz CT molecular complexity index is 372. The van der Waals surface area contributed by atoms with Crippen molar-refractivity contribution in [3.63, 3.8) is 0 Å². The average molecular weight is 223 g/mol. The number of alkyl halides is 3. The van der Waals surface area contributed by atoms with Crippen LogP contribution >= 0.6 is 0 Å². The third-order valence-corrected chi connectivity index (χ3v) is 1.61. The maximum absolute atomic E-state index is 12.2. The quantitative estimate of drug-likeness (QED) is 0.747. The Balaban J connectivity index is 2.92. The summed E-state index contributed by atoms with van der Waals surface area (Å²) in [5.74, 6) is -0.966. The van der Waals surface area contributed by atoms with Crippen molar-refractivity contribution in [2.45, 2.75) is 12.7 Å². The fourth-order valence-corrected chi connectivity index (χ4v) is 0.883. The highest BCUT2D eigenvalue weighted by atomic mass is 19.4. The van der Waals surface area contributed by atoms with Crippen molar-refractivity contribution in [3.05, 3.63) is 11.8 Å². The number of nitrogens with zero attached hydrogens (tertiary/aromatic N) is 2. The third kappa shape index (κ3) is 2.61. The number of anilines is 1. The number of ether oxygens (including phenoxy) is 1. The molecule has 0 aliphatic heterocycles. The van der Waals surface area contributed by atoms with Gasteiger partial charge in [-0.25, -0.2) is 4.68 Å². The Labute approximate surface area is 82.6 Å². The number of esters is 1. The van der Waals surface area contributed by atoms with Crippen LogP contribution in [-0.4, -0.2) is 22.9 Å². The van der Waals surface area contributed by atoms with E-state index in [-0.39, 0.29) is 5.82 Å². The summed E-state index contributed by atoms with van der Waals surface area (Å²) in [6.07, 6.45) is -4.57. The normalized spacial score (nSPS) is 11.5. The number of rotatable bonds is 2. The Hall–Kier alpha value is -1.73. The van der Waals surface area contributed by atoms with E-state index < -0.39 is 24.4 Å². The lowest BCUT2D eigenvalue weighted by atomic mass is 10.4. The van der Waals surface area contributed by atoms with Crippen molar-refractivity contribution < 1.29 is 22.7 Å². The lowest BCUT2D eigenvalue weighted by Gasteiger charge is -2.02. The molecule has 0 saturated carbocycles. The van der Waals surface area contributed by atoms with Crippen molar-refractivity contribution in [2.75, 3.05) is 12.8 Å². The molecule has 0 spiro atoms. The van der Waals surface area contributed by atoms with Gasteiger partial charge in [-0.2, -0.15) is 18.3 Å². The minimum atomic E-state index is -4.57. The second-order valence-corrected chi connectivity index (χ2v) is 2.69. The molecule has 1 aromatic heterocycles. The first-order valence-corrected chi connectivity index (χ1v) is 3.82. The zero-order chi connectivity index (χ0) is 11.6. The SMILES string of the molecule is COC(=O)Cn1nc(C(F)(F)F)cc1N. The van der Waals surface area contributed by atoms with Crippen molar-refractivity contribution in [3.8, 4) is 0 Å². The molecule has 15 heavy (non-hydrogen) atoms. The average Bonchev–Trinajstić information content (AvgIpc) is 2.47. The first-order chi connectivity index (χ1) is 6.84. The highest BCUT2D eigenvalue weighted by Gasteiger charge is 2.34. The van der Waals surface area contributed by atoms with Crippen LogP contribution in [0.4, 0.5) is 19.0 Å². The summed E-state index contributed by atoms with van der Waals surface area (Å²) in [5, 5.41) is 3.13. The Kier molecular flexibility index (Phi) is 2.87. The molecule has 0 aromatic carbocycles. The molecule has 0 fully saturated rings. The molecule has 0 unspecified atom stereocenters. The topological polar surface area (TPSA) is 70.1 Å². The molecule has 1 aromatic rings. The molecule has 8 heteroatoms. The smallest absolute Gasteiger partial charge is 0.435 e. The van der Waals surface area contributed by atoms with Crippen molar-refractivity contribution in [1.29, 1.82) is 0 Å². The molecule has 0 aliphatic rings. The summed E-state index contributed by atoms with van der Waals surface area (Å²) >= 11 is 0. The second-order valence-electron chi connectivity index (χ2n) is 2.69. The first-order valence-electron chi connectivity index (χ1n) is 3.82. The number of hydrogen-bond acceptors (Lipinski definition) is 4. The summed E-state index contributed by atoms with van der Waals surface area (Å²) in [6.45, 7) is -0.446. The highest BCUT2D eigenvalue weighted by Crippen LogP contribution is 2.29. The first kappa shape index (κ1) is 11.3. The van der Waals surface area contributed by atoms with Crippen LogP contribution in [0.5, 0.6) is 0 Å². The molecule has 0 atom stereocenters. The number of nitrogen functional groups attached to an aromatic ring is 1. The van der Waals surface area contributed by atoms with Crippen LogP contribution in [-0.2, 0) is 22.3 Å². The van der Waals surface area contributed by atoms with Gasteiger partial charge in [0.25, 0.3) is 0 Å². The van der Waals surface area contributed by atoms with Crippen LogP contribution in [0.25, 0.3) is 0 Å². The second kappa shape index (κ2) is 3.79. The van der Waals surface area contributed by atoms with E-state index in [1.54, 1.807) is 0 Å². The van der Waals surface area contributed by atoms with Gasteiger partial charge in [0.1, 0.15) is 12.4 Å². The molecule has 2 N–H and O–H groups in total. The van der Waals surface area contributed by atoms with Gasteiger partial charge in [-0.05, 0) is 0 Å². The van der Waals surface area contributed by atoms with E-state index in [4.69, 9.17) is 5.73 Å². The monoisotopic (exact) mass is 223 g/mol. The number of nitrogens with two attached hydrogens (primary N) is 1. The molecular formula is C7H8F3N3O2. The number of methoxy groups -OCH3 is 1. The maximum atomic E-state index is 12.2. The summed E-state index contributed by atoms with van der Waals surface area (Å²) in [7, 11) is 1.12. The number of hydrogen-bond donors (Lipinski definition) is 1. The van der Waals surface area contributed by atoms with Gasteiger partial charge in [0, 0.05) is 6.07 Å². The molecule has 0 radical (unpaired) electrons. The molecule has 1 heterocycles. The summed E-state index contributed by atoms with van der Waals surface area (Å²) in [4.78, 5) is 10.8.